The molecule has 15 heavy (non-hydrogen) atoms. The Morgan fingerprint density at radius 3 is 2.60 bits per heavy atom. The number of rotatable bonds is 3. The molecule has 3 heteroatoms. The van der Waals surface area contributed by atoms with E-state index in [4.69, 9.17) is 5.73 Å². The number of hydrogen-bond acceptors (Lipinski definition) is 2. The van der Waals surface area contributed by atoms with E-state index in [9.17, 15) is 4.79 Å². The van der Waals surface area contributed by atoms with Crippen molar-refractivity contribution >= 4 is 22.4 Å². The molecule has 2 aromatic carbocycles. The molecule has 0 saturated carbocycles. The first-order valence-electron chi connectivity index (χ1n) is 4.73. The van der Waals surface area contributed by atoms with Crippen LogP contribution in [0.25, 0.3) is 10.8 Å². The van der Waals surface area contributed by atoms with Crippen LogP contribution in [0.4, 0.5) is 5.69 Å². The standard InChI is InChI=1S/C12H11N2O/c13-12(15)8-14-11-6-5-9-3-1-2-4-10(9)7-11/h1-7,13-14H,8H2. The molecule has 2 N–H and O–H groups in total. The lowest BCUT2D eigenvalue weighted by atomic mass is 10.1. The van der Waals surface area contributed by atoms with Gasteiger partial charge >= 0.3 is 0 Å². The molecule has 0 bridgehead atoms. The number of fused-ring (bicyclic) bond motifs is 1. The van der Waals surface area contributed by atoms with Crippen LogP contribution < -0.4 is 11.1 Å². The van der Waals surface area contributed by atoms with Gasteiger partial charge in [-0.2, -0.15) is 0 Å². The van der Waals surface area contributed by atoms with Crippen LogP contribution >= 0.6 is 0 Å². The third-order valence-electron chi connectivity index (χ3n) is 2.20. The molecule has 0 aliphatic rings. The van der Waals surface area contributed by atoms with Crippen molar-refractivity contribution in [2.75, 3.05) is 11.9 Å². The van der Waals surface area contributed by atoms with Gasteiger partial charge in [0.1, 0.15) is 0 Å². The second kappa shape index (κ2) is 4.00. The highest BCUT2D eigenvalue weighted by Crippen LogP contribution is 2.18. The molecule has 2 rings (SSSR count). The van der Waals surface area contributed by atoms with Gasteiger partial charge in [-0.3, -0.25) is 10.5 Å². The van der Waals surface area contributed by atoms with Gasteiger partial charge in [-0.05, 0) is 22.9 Å². The number of benzene rings is 2. The Kier molecular flexibility index (Phi) is 2.54. The lowest BCUT2D eigenvalue weighted by Crippen LogP contribution is -2.13. The fourth-order valence-corrected chi connectivity index (χ4v) is 1.48. The van der Waals surface area contributed by atoms with E-state index >= 15 is 0 Å². The molecule has 2 aromatic rings. The minimum absolute atomic E-state index is 0.0539. The number of carbonyl (C=O) groups excluding carboxylic acids is 1. The average molecular weight is 199 g/mol. The van der Waals surface area contributed by atoms with Gasteiger partial charge in [0.2, 0.25) is 0 Å². The van der Waals surface area contributed by atoms with E-state index in [0.717, 1.165) is 11.1 Å². The summed E-state index contributed by atoms with van der Waals surface area (Å²) in [5.41, 5.74) is 7.66. The molecule has 0 unspecified atom stereocenters. The van der Waals surface area contributed by atoms with E-state index in [1.54, 1.807) is 0 Å². The van der Waals surface area contributed by atoms with Crippen molar-refractivity contribution in [2.45, 2.75) is 0 Å². The van der Waals surface area contributed by atoms with Crippen LogP contribution in [0.5, 0.6) is 0 Å². The van der Waals surface area contributed by atoms with Crippen molar-refractivity contribution in [1.29, 1.82) is 0 Å². The summed E-state index contributed by atoms with van der Waals surface area (Å²) >= 11 is 0. The fourth-order valence-electron chi connectivity index (χ4n) is 1.48. The van der Waals surface area contributed by atoms with Crippen LogP contribution in [-0.4, -0.2) is 12.5 Å². The first-order chi connectivity index (χ1) is 7.25. The van der Waals surface area contributed by atoms with Gasteiger partial charge in [0.25, 0.3) is 5.91 Å². The number of anilines is 1. The lowest BCUT2D eigenvalue weighted by molar-refractivity contribution is -0.117. The van der Waals surface area contributed by atoms with E-state index in [1.165, 1.54) is 5.39 Å². The van der Waals surface area contributed by atoms with E-state index in [-0.39, 0.29) is 6.54 Å². The molecular weight excluding hydrogens is 188 g/mol. The molecule has 0 spiro atoms. The molecule has 0 atom stereocenters. The monoisotopic (exact) mass is 199 g/mol. The second-order valence-corrected chi connectivity index (χ2v) is 3.34. The molecule has 0 aliphatic heterocycles. The summed E-state index contributed by atoms with van der Waals surface area (Å²) in [7, 11) is 0. The summed E-state index contributed by atoms with van der Waals surface area (Å²) < 4.78 is 0. The van der Waals surface area contributed by atoms with E-state index in [1.807, 2.05) is 42.5 Å². The fraction of sp³-hybridized carbons (Fsp3) is 0.0833. The largest absolute Gasteiger partial charge is 0.376 e. The van der Waals surface area contributed by atoms with Gasteiger partial charge in [0.05, 0.1) is 6.54 Å². The summed E-state index contributed by atoms with van der Waals surface area (Å²) in [5.74, 6) is -0.608. The van der Waals surface area contributed by atoms with Gasteiger partial charge < -0.3 is 5.32 Å². The molecule has 75 valence electrons. The summed E-state index contributed by atoms with van der Waals surface area (Å²) in [6, 6.07) is 13.9. The predicted molar refractivity (Wildman–Crippen MR) is 60.5 cm³/mol. The van der Waals surface area contributed by atoms with Gasteiger partial charge in [-0.1, -0.05) is 30.3 Å². The molecule has 3 nitrogen and oxygen atoms in total. The summed E-state index contributed by atoms with van der Waals surface area (Å²) in [6.07, 6.45) is 0. The van der Waals surface area contributed by atoms with Gasteiger partial charge in [-0.15, -0.1) is 0 Å². The number of hydrogen-bond donors (Lipinski definition) is 1. The van der Waals surface area contributed by atoms with Crippen molar-refractivity contribution in [1.82, 2.24) is 5.73 Å². The minimum Gasteiger partial charge on any atom is -0.376 e. The molecule has 1 amide bonds. The predicted octanol–water partition coefficient (Wildman–Crippen LogP) is 2.06. The Morgan fingerprint density at radius 2 is 1.87 bits per heavy atom. The van der Waals surface area contributed by atoms with Crippen LogP contribution in [0.1, 0.15) is 0 Å². The molecule has 0 aromatic heterocycles. The summed E-state index contributed by atoms with van der Waals surface area (Å²) in [4.78, 5) is 10.5. The Morgan fingerprint density at radius 1 is 1.13 bits per heavy atom. The van der Waals surface area contributed by atoms with E-state index in [0.29, 0.717) is 0 Å². The number of nitrogens with one attached hydrogen (secondary N) is 2. The molecular formula is C12H11N2O. The third kappa shape index (κ3) is 2.26. The summed E-state index contributed by atoms with van der Waals surface area (Å²) in [5, 5.41) is 5.19. The highest BCUT2D eigenvalue weighted by molar-refractivity contribution is 5.86. The Labute approximate surface area is 87.9 Å². The Bertz CT molecular complexity index is 494. The summed E-state index contributed by atoms with van der Waals surface area (Å²) in [6.45, 7) is 0.0539. The first kappa shape index (κ1) is 9.52. The van der Waals surface area contributed by atoms with Crippen LogP contribution in [0, 0.1) is 0 Å². The zero-order valence-corrected chi connectivity index (χ0v) is 8.16. The van der Waals surface area contributed by atoms with Crippen molar-refractivity contribution in [3.05, 3.63) is 42.5 Å². The normalized spacial score (nSPS) is 10.1. The van der Waals surface area contributed by atoms with Crippen LogP contribution in [-0.2, 0) is 4.79 Å². The molecule has 0 heterocycles. The quantitative estimate of drug-likeness (QED) is 0.822. The number of amides is 1. The maximum atomic E-state index is 10.5. The first-order valence-corrected chi connectivity index (χ1v) is 4.73. The smallest absolute Gasteiger partial charge is 0.257 e. The third-order valence-corrected chi connectivity index (χ3v) is 2.20. The maximum absolute atomic E-state index is 10.5. The van der Waals surface area contributed by atoms with Crippen molar-refractivity contribution < 1.29 is 4.79 Å². The molecule has 1 radical (unpaired) electrons. The number of carbonyl (C=O) groups is 1. The van der Waals surface area contributed by atoms with Gasteiger partial charge in [0.15, 0.2) is 0 Å². The maximum Gasteiger partial charge on any atom is 0.257 e. The van der Waals surface area contributed by atoms with E-state index < -0.39 is 5.91 Å². The van der Waals surface area contributed by atoms with Crippen molar-refractivity contribution in [2.24, 2.45) is 0 Å². The zero-order chi connectivity index (χ0) is 10.7. The lowest BCUT2D eigenvalue weighted by Gasteiger charge is -2.04. The van der Waals surface area contributed by atoms with Gasteiger partial charge in [0, 0.05) is 5.69 Å². The van der Waals surface area contributed by atoms with Crippen molar-refractivity contribution in [3.8, 4) is 0 Å². The molecule has 0 saturated heterocycles. The zero-order valence-electron chi connectivity index (χ0n) is 8.16. The average Bonchev–Trinajstić information content (AvgIpc) is 2.26. The SMILES string of the molecule is [NH]C(=O)CNc1ccc2ccccc2c1. The Hall–Kier alpha value is -2.03. The van der Waals surface area contributed by atoms with Crippen molar-refractivity contribution in [3.63, 3.8) is 0 Å². The highest BCUT2D eigenvalue weighted by atomic mass is 16.1. The minimum atomic E-state index is -0.608. The molecule has 0 aliphatic carbocycles. The van der Waals surface area contributed by atoms with Gasteiger partial charge in [-0.25, -0.2) is 0 Å². The highest BCUT2D eigenvalue weighted by Gasteiger charge is 1.97. The van der Waals surface area contributed by atoms with Crippen LogP contribution in [0.3, 0.4) is 0 Å². The van der Waals surface area contributed by atoms with E-state index in [2.05, 4.69) is 5.32 Å². The topological polar surface area (TPSA) is 52.9 Å². The van der Waals surface area contributed by atoms with Crippen LogP contribution in [0.2, 0.25) is 0 Å². The molecule has 0 fully saturated rings. The van der Waals surface area contributed by atoms with Crippen LogP contribution in [0.15, 0.2) is 42.5 Å². The Balaban J connectivity index is 2.26. The second-order valence-electron chi connectivity index (χ2n) is 3.34.